The molecule has 1 aromatic carbocycles. The zero-order valence-electron chi connectivity index (χ0n) is 11.3. The van der Waals surface area contributed by atoms with Crippen molar-refractivity contribution in [2.75, 3.05) is 12.4 Å². The summed E-state index contributed by atoms with van der Waals surface area (Å²) in [5.41, 5.74) is 1.02. The Morgan fingerprint density at radius 2 is 1.95 bits per heavy atom. The van der Waals surface area contributed by atoms with Gasteiger partial charge in [-0.15, -0.1) is 0 Å². The normalized spacial score (nSPS) is 10.8. The molecule has 20 heavy (non-hydrogen) atoms. The van der Waals surface area contributed by atoms with Gasteiger partial charge in [-0.2, -0.15) is 5.26 Å². The predicted molar refractivity (Wildman–Crippen MR) is 74.7 cm³/mol. The summed E-state index contributed by atoms with van der Waals surface area (Å²) in [5, 5.41) is 8.39. The van der Waals surface area contributed by atoms with E-state index in [4.69, 9.17) is 10.00 Å². The van der Waals surface area contributed by atoms with Crippen LogP contribution in [0, 0.1) is 11.3 Å². The Balaban J connectivity index is 2.66. The van der Waals surface area contributed by atoms with E-state index < -0.39 is 15.8 Å². The Kier molecular flexibility index (Phi) is 6.19. The molecule has 0 spiro atoms. The molecule has 0 saturated heterocycles. The molecule has 0 amide bonds. The quantitative estimate of drug-likeness (QED) is 0.568. The zero-order chi connectivity index (χ0) is 15.0. The number of carbonyl (C=O) groups is 1. The number of nitriles is 1. The minimum absolute atomic E-state index is 0.000186. The Morgan fingerprint density at radius 1 is 1.30 bits per heavy atom. The highest BCUT2D eigenvalue weighted by atomic mass is 32.2. The van der Waals surface area contributed by atoms with Crippen molar-refractivity contribution in [3.63, 3.8) is 0 Å². The average molecular weight is 295 g/mol. The third-order valence-electron chi connectivity index (χ3n) is 2.60. The van der Waals surface area contributed by atoms with Crippen LogP contribution in [0.1, 0.15) is 35.7 Å². The number of unbranched alkanes of at least 4 members (excludes halogenated alkanes) is 1. The summed E-state index contributed by atoms with van der Waals surface area (Å²) < 4.78 is 28.4. The maximum absolute atomic E-state index is 11.8. The molecule has 0 aliphatic rings. The fourth-order valence-corrected chi connectivity index (χ4v) is 3.08. The maximum atomic E-state index is 11.8. The van der Waals surface area contributed by atoms with Crippen molar-refractivity contribution in [2.24, 2.45) is 0 Å². The third-order valence-corrected chi connectivity index (χ3v) is 4.28. The van der Waals surface area contributed by atoms with Gasteiger partial charge in [0, 0.05) is 6.42 Å². The number of nitrogens with zero attached hydrogens (tertiary/aromatic N) is 1. The molecule has 0 unspecified atom stereocenters. The third kappa shape index (κ3) is 5.41. The fourth-order valence-electron chi connectivity index (χ4n) is 1.65. The van der Waals surface area contributed by atoms with Crippen molar-refractivity contribution in [2.45, 2.75) is 25.5 Å². The number of hydrogen-bond donors (Lipinski definition) is 0. The number of ether oxygens (including phenoxy) is 1. The first-order valence-electron chi connectivity index (χ1n) is 6.32. The molecular formula is C14H17NO4S. The number of sulfone groups is 1. The summed E-state index contributed by atoms with van der Waals surface area (Å²) in [6.45, 7) is 2.02. The van der Waals surface area contributed by atoms with Crippen LogP contribution in [0.25, 0.3) is 0 Å². The molecule has 0 aliphatic carbocycles. The molecule has 1 aromatic rings. The summed E-state index contributed by atoms with van der Waals surface area (Å²) in [7, 11) is -3.22. The van der Waals surface area contributed by atoms with E-state index in [1.807, 2.05) is 6.07 Å². The first-order valence-corrected chi connectivity index (χ1v) is 8.14. The number of benzene rings is 1. The molecule has 0 heterocycles. The van der Waals surface area contributed by atoms with Crippen molar-refractivity contribution in [3.8, 4) is 6.07 Å². The monoisotopic (exact) mass is 295 g/mol. The Hall–Kier alpha value is -1.87. The lowest BCUT2D eigenvalue weighted by molar-refractivity contribution is 0.0526. The van der Waals surface area contributed by atoms with Crippen LogP contribution in [0.3, 0.4) is 0 Å². The van der Waals surface area contributed by atoms with E-state index in [2.05, 4.69) is 0 Å². The van der Waals surface area contributed by atoms with Crippen molar-refractivity contribution in [1.29, 1.82) is 5.26 Å². The SMILES string of the molecule is CCOC(=O)c1ccc(CS(=O)(=O)CCCC#N)cc1. The highest BCUT2D eigenvalue weighted by Crippen LogP contribution is 2.11. The summed E-state index contributed by atoms with van der Waals surface area (Å²) in [5.74, 6) is -0.502. The molecule has 0 atom stereocenters. The van der Waals surface area contributed by atoms with Gasteiger partial charge in [-0.1, -0.05) is 12.1 Å². The fraction of sp³-hybridized carbons (Fsp3) is 0.429. The molecule has 5 nitrogen and oxygen atoms in total. The predicted octanol–water partition coefficient (Wildman–Crippen LogP) is 2.08. The largest absolute Gasteiger partial charge is 0.462 e. The zero-order valence-corrected chi connectivity index (χ0v) is 12.1. The molecule has 0 bridgehead atoms. The summed E-state index contributed by atoms with van der Waals surface area (Å²) in [6, 6.07) is 8.24. The van der Waals surface area contributed by atoms with Gasteiger partial charge in [0.25, 0.3) is 0 Å². The number of carbonyl (C=O) groups excluding carboxylic acids is 1. The van der Waals surface area contributed by atoms with Gasteiger partial charge in [0.2, 0.25) is 0 Å². The van der Waals surface area contributed by atoms with E-state index in [1.165, 1.54) is 0 Å². The second kappa shape index (κ2) is 7.65. The minimum Gasteiger partial charge on any atom is -0.462 e. The number of esters is 1. The molecule has 0 N–H and O–H groups in total. The van der Waals surface area contributed by atoms with Crippen molar-refractivity contribution in [1.82, 2.24) is 0 Å². The van der Waals surface area contributed by atoms with Crippen LogP contribution in [0.4, 0.5) is 0 Å². The van der Waals surface area contributed by atoms with Crippen LogP contribution in [0.15, 0.2) is 24.3 Å². The lowest BCUT2D eigenvalue weighted by atomic mass is 10.1. The second-order valence-electron chi connectivity index (χ2n) is 4.27. The molecule has 0 aromatic heterocycles. The summed E-state index contributed by atoms with van der Waals surface area (Å²) >= 11 is 0. The molecule has 0 aliphatic heterocycles. The molecule has 108 valence electrons. The van der Waals surface area contributed by atoms with E-state index in [0.29, 0.717) is 24.2 Å². The van der Waals surface area contributed by atoms with Gasteiger partial charge in [-0.3, -0.25) is 0 Å². The summed E-state index contributed by atoms with van der Waals surface area (Å²) in [6.07, 6.45) is 0.584. The number of hydrogen-bond acceptors (Lipinski definition) is 5. The van der Waals surface area contributed by atoms with Crippen LogP contribution in [-0.4, -0.2) is 26.7 Å². The Labute approximate surface area is 119 Å². The lowest BCUT2D eigenvalue weighted by Crippen LogP contribution is -2.10. The Bertz CT molecular complexity index is 585. The van der Waals surface area contributed by atoms with Crippen LogP contribution in [0.2, 0.25) is 0 Å². The standard InChI is InChI=1S/C14H17NO4S/c1-2-19-14(16)13-7-5-12(6-8-13)11-20(17,18)10-4-3-9-15/h5-8H,2-4,10-11H2,1H3. The van der Waals surface area contributed by atoms with Gasteiger partial charge in [-0.25, -0.2) is 13.2 Å². The Morgan fingerprint density at radius 3 is 2.50 bits per heavy atom. The molecular weight excluding hydrogens is 278 g/mol. The van der Waals surface area contributed by atoms with E-state index in [9.17, 15) is 13.2 Å². The minimum atomic E-state index is -3.22. The van der Waals surface area contributed by atoms with Crippen LogP contribution >= 0.6 is 0 Å². The van der Waals surface area contributed by atoms with Crippen molar-refractivity contribution >= 4 is 15.8 Å². The van der Waals surface area contributed by atoms with Crippen LogP contribution in [0.5, 0.6) is 0 Å². The molecule has 6 heteroatoms. The smallest absolute Gasteiger partial charge is 0.338 e. The molecule has 1 rings (SSSR count). The van der Waals surface area contributed by atoms with Gasteiger partial charge in [0.1, 0.15) is 0 Å². The topological polar surface area (TPSA) is 84.2 Å². The summed E-state index contributed by atoms with van der Waals surface area (Å²) in [4.78, 5) is 11.4. The van der Waals surface area contributed by atoms with Gasteiger partial charge < -0.3 is 4.74 Å². The first kappa shape index (κ1) is 16.2. The van der Waals surface area contributed by atoms with Crippen molar-refractivity contribution < 1.29 is 17.9 Å². The second-order valence-corrected chi connectivity index (χ2v) is 6.46. The van der Waals surface area contributed by atoms with E-state index in [-0.39, 0.29) is 17.9 Å². The maximum Gasteiger partial charge on any atom is 0.338 e. The molecule has 0 saturated carbocycles. The van der Waals surface area contributed by atoms with E-state index in [1.54, 1.807) is 31.2 Å². The van der Waals surface area contributed by atoms with Crippen LogP contribution < -0.4 is 0 Å². The van der Waals surface area contributed by atoms with Gasteiger partial charge in [0.15, 0.2) is 9.84 Å². The highest BCUT2D eigenvalue weighted by Gasteiger charge is 2.12. The lowest BCUT2D eigenvalue weighted by Gasteiger charge is -2.05. The first-order chi connectivity index (χ1) is 9.48. The van der Waals surface area contributed by atoms with E-state index >= 15 is 0 Å². The van der Waals surface area contributed by atoms with Gasteiger partial charge in [-0.05, 0) is 31.0 Å². The van der Waals surface area contributed by atoms with Crippen molar-refractivity contribution in [3.05, 3.63) is 35.4 Å². The molecule has 0 radical (unpaired) electrons. The average Bonchev–Trinajstić information content (AvgIpc) is 2.39. The number of rotatable bonds is 7. The van der Waals surface area contributed by atoms with Crippen LogP contribution in [-0.2, 0) is 20.3 Å². The highest BCUT2D eigenvalue weighted by molar-refractivity contribution is 7.90. The van der Waals surface area contributed by atoms with Gasteiger partial charge >= 0.3 is 5.97 Å². The molecule has 0 fully saturated rings. The van der Waals surface area contributed by atoms with E-state index in [0.717, 1.165) is 0 Å². The van der Waals surface area contributed by atoms with Gasteiger partial charge in [0.05, 0.1) is 29.7 Å².